The second-order valence-corrected chi connectivity index (χ2v) is 8.02. The second-order valence-electron chi connectivity index (χ2n) is 6.24. The molecule has 6 nitrogen and oxygen atoms in total. The zero-order valence-corrected chi connectivity index (χ0v) is 14.7. The molecule has 0 atom stereocenters. The molecule has 0 aromatic heterocycles. The van der Waals surface area contributed by atoms with Crippen LogP contribution in [0, 0.1) is 13.8 Å². The highest BCUT2D eigenvalue weighted by atomic mass is 32.2. The first kappa shape index (κ1) is 17.9. The van der Waals surface area contributed by atoms with Crippen molar-refractivity contribution in [2.24, 2.45) is 0 Å². The van der Waals surface area contributed by atoms with E-state index in [4.69, 9.17) is 0 Å². The highest BCUT2D eigenvalue weighted by Crippen LogP contribution is 2.18. The molecule has 1 aliphatic heterocycles. The second kappa shape index (κ2) is 7.42. The van der Waals surface area contributed by atoms with Gasteiger partial charge in [0.05, 0.1) is 12.8 Å². The van der Waals surface area contributed by atoms with Gasteiger partial charge in [-0.2, -0.15) is 0 Å². The van der Waals surface area contributed by atoms with Crippen LogP contribution in [-0.2, 0) is 14.8 Å². The van der Waals surface area contributed by atoms with Gasteiger partial charge in [-0.05, 0) is 43.9 Å². The van der Waals surface area contributed by atoms with Gasteiger partial charge in [-0.25, -0.2) is 13.1 Å². The van der Waals surface area contributed by atoms with E-state index in [1.54, 1.807) is 0 Å². The Hall–Kier alpha value is -1.44. The van der Waals surface area contributed by atoms with Crippen LogP contribution in [0.1, 0.15) is 24.0 Å². The number of benzene rings is 1. The van der Waals surface area contributed by atoms with Crippen molar-refractivity contribution in [3.05, 3.63) is 29.3 Å². The van der Waals surface area contributed by atoms with Crippen LogP contribution in [-0.4, -0.2) is 51.2 Å². The van der Waals surface area contributed by atoms with E-state index in [0.29, 0.717) is 19.6 Å². The number of hydrogen-bond donors (Lipinski definition) is 2. The summed E-state index contributed by atoms with van der Waals surface area (Å²) in [5.74, 6) is -0.0341. The third-order valence-corrected chi connectivity index (χ3v) is 4.98. The molecule has 0 radical (unpaired) electrons. The molecule has 128 valence electrons. The van der Waals surface area contributed by atoms with Crippen molar-refractivity contribution in [1.29, 1.82) is 0 Å². The van der Waals surface area contributed by atoms with Gasteiger partial charge in [0.2, 0.25) is 15.9 Å². The summed E-state index contributed by atoms with van der Waals surface area (Å²) in [6, 6.07) is 5.83. The highest BCUT2D eigenvalue weighted by Gasteiger charge is 2.22. The van der Waals surface area contributed by atoms with E-state index in [0.717, 1.165) is 29.7 Å². The molecule has 1 aromatic rings. The van der Waals surface area contributed by atoms with Crippen LogP contribution in [0.25, 0.3) is 0 Å². The van der Waals surface area contributed by atoms with E-state index in [1.807, 2.05) is 32.0 Å². The SMILES string of the molecule is Cc1cccc(NC(=O)CN2CCC(NS(C)(=O)=O)CC2)c1C. The number of sulfonamides is 1. The van der Waals surface area contributed by atoms with Crippen LogP contribution in [0.4, 0.5) is 5.69 Å². The average Bonchev–Trinajstić information content (AvgIpc) is 2.44. The molecule has 23 heavy (non-hydrogen) atoms. The zero-order chi connectivity index (χ0) is 17.0. The fourth-order valence-corrected chi connectivity index (χ4v) is 3.63. The van der Waals surface area contributed by atoms with Crippen molar-refractivity contribution < 1.29 is 13.2 Å². The van der Waals surface area contributed by atoms with E-state index in [2.05, 4.69) is 14.9 Å². The third-order valence-electron chi connectivity index (χ3n) is 4.21. The fourth-order valence-electron chi connectivity index (χ4n) is 2.79. The summed E-state index contributed by atoms with van der Waals surface area (Å²) < 4.78 is 25.1. The zero-order valence-electron chi connectivity index (χ0n) is 13.9. The van der Waals surface area contributed by atoms with Crippen molar-refractivity contribution >= 4 is 21.6 Å². The Morgan fingerprint density at radius 1 is 1.26 bits per heavy atom. The van der Waals surface area contributed by atoms with Crippen LogP contribution in [0.2, 0.25) is 0 Å². The molecule has 2 N–H and O–H groups in total. The number of carbonyl (C=O) groups excluding carboxylic acids is 1. The van der Waals surface area contributed by atoms with Crippen molar-refractivity contribution in [2.75, 3.05) is 31.2 Å². The number of nitrogens with one attached hydrogen (secondary N) is 2. The Morgan fingerprint density at radius 3 is 2.52 bits per heavy atom. The van der Waals surface area contributed by atoms with Gasteiger partial charge in [0.1, 0.15) is 0 Å². The van der Waals surface area contributed by atoms with Crippen LogP contribution in [0.15, 0.2) is 18.2 Å². The number of likely N-dealkylation sites (tertiary alicyclic amines) is 1. The number of anilines is 1. The van der Waals surface area contributed by atoms with Crippen molar-refractivity contribution in [1.82, 2.24) is 9.62 Å². The molecule has 1 fully saturated rings. The van der Waals surface area contributed by atoms with Gasteiger partial charge in [0.15, 0.2) is 0 Å². The standard InChI is InChI=1S/C16H25N3O3S/c1-12-5-4-6-15(13(12)2)17-16(20)11-19-9-7-14(8-10-19)18-23(3,21)22/h4-6,14,18H,7-11H2,1-3H3,(H,17,20). The largest absolute Gasteiger partial charge is 0.325 e. The lowest BCUT2D eigenvalue weighted by Gasteiger charge is -2.31. The Bertz CT molecular complexity index is 665. The number of rotatable bonds is 5. The van der Waals surface area contributed by atoms with Crippen LogP contribution in [0.3, 0.4) is 0 Å². The molecule has 0 bridgehead atoms. The van der Waals surface area contributed by atoms with E-state index >= 15 is 0 Å². The molecule has 2 rings (SSSR count). The van der Waals surface area contributed by atoms with E-state index in [9.17, 15) is 13.2 Å². The predicted molar refractivity (Wildman–Crippen MR) is 92.0 cm³/mol. The minimum absolute atomic E-state index is 0.0247. The monoisotopic (exact) mass is 339 g/mol. The maximum atomic E-state index is 12.2. The van der Waals surface area contributed by atoms with Gasteiger partial charge in [-0.3, -0.25) is 9.69 Å². The number of aryl methyl sites for hydroxylation is 1. The Labute approximate surface area is 138 Å². The summed E-state index contributed by atoms with van der Waals surface area (Å²) in [6.45, 7) is 5.78. The molecule has 1 amide bonds. The first-order chi connectivity index (χ1) is 10.7. The molecular weight excluding hydrogens is 314 g/mol. The van der Waals surface area contributed by atoms with Crippen molar-refractivity contribution in [2.45, 2.75) is 32.7 Å². The van der Waals surface area contributed by atoms with E-state index in [1.165, 1.54) is 6.26 Å². The van der Waals surface area contributed by atoms with Crippen molar-refractivity contribution in [3.63, 3.8) is 0 Å². The summed E-state index contributed by atoms with van der Waals surface area (Å²) >= 11 is 0. The third kappa shape index (κ3) is 5.60. The van der Waals surface area contributed by atoms with Gasteiger partial charge >= 0.3 is 0 Å². The number of amides is 1. The molecule has 0 spiro atoms. The molecule has 1 heterocycles. The number of nitrogens with zero attached hydrogens (tertiary/aromatic N) is 1. The maximum Gasteiger partial charge on any atom is 0.238 e. The van der Waals surface area contributed by atoms with E-state index < -0.39 is 10.0 Å². The van der Waals surface area contributed by atoms with Gasteiger partial charge in [-0.1, -0.05) is 12.1 Å². The van der Waals surface area contributed by atoms with Gasteiger partial charge in [0.25, 0.3) is 0 Å². The average molecular weight is 339 g/mol. The maximum absolute atomic E-state index is 12.2. The molecule has 1 saturated heterocycles. The molecule has 7 heteroatoms. The fraction of sp³-hybridized carbons (Fsp3) is 0.562. The number of carbonyl (C=O) groups is 1. The predicted octanol–water partition coefficient (Wildman–Crippen LogP) is 1.26. The molecule has 0 aliphatic carbocycles. The van der Waals surface area contributed by atoms with Crippen LogP contribution >= 0.6 is 0 Å². The summed E-state index contributed by atoms with van der Waals surface area (Å²) in [4.78, 5) is 14.2. The normalized spacial score (nSPS) is 17.2. The van der Waals surface area contributed by atoms with Gasteiger partial charge < -0.3 is 5.32 Å². The smallest absolute Gasteiger partial charge is 0.238 e. The van der Waals surface area contributed by atoms with Gasteiger partial charge in [0, 0.05) is 24.8 Å². The topological polar surface area (TPSA) is 78.5 Å². The minimum Gasteiger partial charge on any atom is -0.325 e. The minimum atomic E-state index is -3.16. The van der Waals surface area contributed by atoms with Gasteiger partial charge in [-0.15, -0.1) is 0 Å². The summed E-state index contributed by atoms with van der Waals surface area (Å²) in [5.41, 5.74) is 3.08. The Balaban J connectivity index is 1.82. The first-order valence-electron chi connectivity index (χ1n) is 7.80. The molecule has 0 unspecified atom stereocenters. The lowest BCUT2D eigenvalue weighted by molar-refractivity contribution is -0.117. The van der Waals surface area contributed by atoms with Crippen LogP contribution in [0.5, 0.6) is 0 Å². The molecular formula is C16H25N3O3S. The quantitative estimate of drug-likeness (QED) is 0.846. The number of piperidine rings is 1. The summed E-state index contributed by atoms with van der Waals surface area (Å²) in [7, 11) is -3.16. The highest BCUT2D eigenvalue weighted by molar-refractivity contribution is 7.88. The first-order valence-corrected chi connectivity index (χ1v) is 9.69. The molecule has 0 saturated carbocycles. The van der Waals surface area contributed by atoms with Crippen molar-refractivity contribution in [3.8, 4) is 0 Å². The molecule has 1 aromatic carbocycles. The summed E-state index contributed by atoms with van der Waals surface area (Å²) in [5, 5.41) is 2.96. The lowest BCUT2D eigenvalue weighted by Crippen LogP contribution is -2.46. The Morgan fingerprint density at radius 2 is 1.91 bits per heavy atom. The van der Waals surface area contributed by atoms with Crippen LogP contribution < -0.4 is 10.0 Å². The summed E-state index contributed by atoms with van der Waals surface area (Å²) in [6.07, 6.45) is 2.63. The Kier molecular flexibility index (Phi) is 5.78. The lowest BCUT2D eigenvalue weighted by atomic mass is 10.1. The molecule has 1 aliphatic rings. The van der Waals surface area contributed by atoms with E-state index in [-0.39, 0.29) is 11.9 Å². The number of hydrogen-bond acceptors (Lipinski definition) is 4.